The molecule has 0 saturated carbocycles. The Balaban J connectivity index is 1.91. The van der Waals surface area contributed by atoms with Gasteiger partial charge in [-0.2, -0.15) is 0 Å². The Bertz CT molecular complexity index is 439. The molecule has 0 atom stereocenters. The number of hydrogen-bond acceptors (Lipinski definition) is 5. The Morgan fingerprint density at radius 2 is 2.16 bits per heavy atom. The van der Waals surface area contributed by atoms with Crippen LogP contribution in [0.25, 0.3) is 0 Å². The number of aromatic nitrogens is 1. The van der Waals surface area contributed by atoms with Gasteiger partial charge in [-0.05, 0) is 26.7 Å². The molecule has 1 aliphatic rings. The summed E-state index contributed by atoms with van der Waals surface area (Å²) in [5, 5.41) is 9.66. The minimum Gasteiger partial charge on any atom is -0.394 e. The Morgan fingerprint density at radius 3 is 2.68 bits per heavy atom. The van der Waals surface area contributed by atoms with Gasteiger partial charge in [-0.25, -0.2) is 4.98 Å². The second-order valence-electron chi connectivity index (χ2n) is 4.73. The van der Waals surface area contributed by atoms with E-state index in [0.717, 1.165) is 28.4 Å². The lowest BCUT2D eigenvalue weighted by molar-refractivity contribution is -0.00546. The van der Waals surface area contributed by atoms with Crippen LogP contribution in [0.5, 0.6) is 0 Å². The molecule has 0 aromatic carbocycles. The van der Waals surface area contributed by atoms with Crippen molar-refractivity contribution >= 4 is 17.2 Å². The smallest absolute Gasteiger partial charge is 0.265 e. The summed E-state index contributed by atoms with van der Waals surface area (Å²) in [4.78, 5) is 19.3. The molecule has 2 heterocycles. The third kappa shape index (κ3) is 3.52. The van der Waals surface area contributed by atoms with Crippen LogP contribution in [0.15, 0.2) is 0 Å². The highest BCUT2D eigenvalue weighted by molar-refractivity contribution is 7.13. The summed E-state index contributed by atoms with van der Waals surface area (Å²) in [6.07, 6.45) is 1.84. The van der Waals surface area contributed by atoms with Crippen molar-refractivity contribution in [1.82, 2.24) is 9.88 Å². The summed E-state index contributed by atoms with van der Waals surface area (Å²) in [5.41, 5.74) is 0.825. The average Bonchev–Trinajstić information content (AvgIpc) is 2.75. The number of aliphatic hydroxyl groups excluding tert-OH is 1. The molecule has 0 unspecified atom stereocenters. The van der Waals surface area contributed by atoms with E-state index in [1.807, 2.05) is 18.7 Å². The van der Waals surface area contributed by atoms with E-state index in [9.17, 15) is 4.79 Å². The van der Waals surface area contributed by atoms with Gasteiger partial charge in [0.05, 0.1) is 30.0 Å². The van der Waals surface area contributed by atoms with Crippen LogP contribution in [-0.4, -0.2) is 53.3 Å². The van der Waals surface area contributed by atoms with Gasteiger partial charge in [0.1, 0.15) is 4.88 Å². The largest absolute Gasteiger partial charge is 0.394 e. The van der Waals surface area contributed by atoms with Crippen molar-refractivity contribution in [3.63, 3.8) is 0 Å². The Labute approximate surface area is 117 Å². The number of likely N-dealkylation sites (tertiary alicyclic amines) is 1. The number of aryl methyl sites for hydroxylation is 2. The summed E-state index contributed by atoms with van der Waals surface area (Å²) >= 11 is 1.46. The number of piperidine rings is 1. The lowest BCUT2D eigenvalue weighted by Crippen LogP contribution is -2.41. The van der Waals surface area contributed by atoms with E-state index >= 15 is 0 Å². The molecule has 6 heteroatoms. The zero-order valence-electron chi connectivity index (χ0n) is 11.4. The molecule has 1 aliphatic heterocycles. The molecular weight excluding hydrogens is 264 g/mol. The topological polar surface area (TPSA) is 62.7 Å². The summed E-state index contributed by atoms with van der Waals surface area (Å²) < 4.78 is 5.50. The van der Waals surface area contributed by atoms with E-state index in [2.05, 4.69) is 4.98 Å². The third-order valence-corrected chi connectivity index (χ3v) is 4.33. The second-order valence-corrected chi connectivity index (χ2v) is 5.94. The monoisotopic (exact) mass is 284 g/mol. The molecule has 106 valence electrons. The van der Waals surface area contributed by atoms with E-state index < -0.39 is 0 Å². The average molecular weight is 284 g/mol. The summed E-state index contributed by atoms with van der Waals surface area (Å²) in [6.45, 7) is 5.66. The first kappa shape index (κ1) is 14.4. The van der Waals surface area contributed by atoms with Gasteiger partial charge >= 0.3 is 0 Å². The number of aliphatic hydroxyl groups is 1. The van der Waals surface area contributed by atoms with Crippen LogP contribution in [0.3, 0.4) is 0 Å². The first-order valence-corrected chi connectivity index (χ1v) is 7.39. The number of amides is 1. The van der Waals surface area contributed by atoms with Gasteiger partial charge in [-0.15, -0.1) is 11.3 Å². The number of rotatable bonds is 4. The second kappa shape index (κ2) is 6.45. The first-order chi connectivity index (χ1) is 9.11. The molecule has 2 rings (SSSR count). The summed E-state index contributed by atoms with van der Waals surface area (Å²) in [7, 11) is 0. The quantitative estimate of drug-likeness (QED) is 0.907. The Morgan fingerprint density at radius 1 is 1.47 bits per heavy atom. The zero-order chi connectivity index (χ0) is 13.8. The molecule has 1 saturated heterocycles. The highest BCUT2D eigenvalue weighted by atomic mass is 32.1. The van der Waals surface area contributed by atoms with Crippen molar-refractivity contribution in [2.24, 2.45) is 0 Å². The normalized spacial score (nSPS) is 16.9. The molecule has 0 aliphatic carbocycles. The van der Waals surface area contributed by atoms with E-state index in [0.29, 0.717) is 19.7 Å². The van der Waals surface area contributed by atoms with Crippen LogP contribution in [0.2, 0.25) is 0 Å². The number of thiazole rings is 1. The SMILES string of the molecule is Cc1nc(C)c(C(=O)N2CCC(OCCO)CC2)s1. The lowest BCUT2D eigenvalue weighted by atomic mass is 10.1. The predicted octanol–water partition coefficient (Wildman–Crippen LogP) is 1.37. The van der Waals surface area contributed by atoms with Gasteiger partial charge in [-0.1, -0.05) is 0 Å². The van der Waals surface area contributed by atoms with Crippen LogP contribution in [-0.2, 0) is 4.74 Å². The van der Waals surface area contributed by atoms with Crippen molar-refractivity contribution in [1.29, 1.82) is 0 Å². The molecule has 1 fully saturated rings. The molecule has 0 radical (unpaired) electrons. The van der Waals surface area contributed by atoms with Crippen molar-refractivity contribution in [3.05, 3.63) is 15.6 Å². The number of hydrogen-bond donors (Lipinski definition) is 1. The Hall–Kier alpha value is -0.980. The molecule has 5 nitrogen and oxygen atoms in total. The van der Waals surface area contributed by atoms with Gasteiger partial charge in [0.2, 0.25) is 0 Å². The molecule has 1 amide bonds. The fourth-order valence-corrected chi connectivity index (χ4v) is 3.21. The number of ether oxygens (including phenoxy) is 1. The van der Waals surface area contributed by atoms with Crippen LogP contribution < -0.4 is 0 Å². The summed E-state index contributed by atoms with van der Waals surface area (Å²) in [5.74, 6) is 0.0868. The van der Waals surface area contributed by atoms with Crippen LogP contribution in [0.4, 0.5) is 0 Å². The van der Waals surface area contributed by atoms with Crippen LogP contribution in [0, 0.1) is 13.8 Å². The van der Waals surface area contributed by atoms with Crippen molar-refractivity contribution in [3.8, 4) is 0 Å². The number of carbonyl (C=O) groups is 1. The van der Waals surface area contributed by atoms with E-state index in [-0.39, 0.29) is 18.6 Å². The maximum atomic E-state index is 12.4. The molecule has 1 aromatic rings. The molecule has 0 spiro atoms. The van der Waals surface area contributed by atoms with Gasteiger partial charge in [0, 0.05) is 13.1 Å². The molecule has 19 heavy (non-hydrogen) atoms. The molecular formula is C13H20N2O3S. The fraction of sp³-hybridized carbons (Fsp3) is 0.692. The summed E-state index contributed by atoms with van der Waals surface area (Å²) in [6, 6.07) is 0. The minimum atomic E-state index is 0.0540. The van der Waals surface area contributed by atoms with E-state index in [4.69, 9.17) is 9.84 Å². The van der Waals surface area contributed by atoms with Gasteiger partial charge in [-0.3, -0.25) is 4.79 Å². The zero-order valence-corrected chi connectivity index (χ0v) is 12.2. The predicted molar refractivity (Wildman–Crippen MR) is 73.6 cm³/mol. The number of nitrogens with zero attached hydrogens (tertiary/aromatic N) is 2. The first-order valence-electron chi connectivity index (χ1n) is 6.57. The van der Waals surface area contributed by atoms with Crippen LogP contribution in [0.1, 0.15) is 33.2 Å². The van der Waals surface area contributed by atoms with Crippen molar-refractivity contribution < 1.29 is 14.6 Å². The fourth-order valence-electron chi connectivity index (χ4n) is 2.32. The van der Waals surface area contributed by atoms with E-state index in [1.165, 1.54) is 11.3 Å². The maximum absolute atomic E-state index is 12.4. The minimum absolute atomic E-state index is 0.0540. The molecule has 0 bridgehead atoms. The van der Waals surface area contributed by atoms with Gasteiger partial charge in [0.25, 0.3) is 5.91 Å². The highest BCUT2D eigenvalue weighted by Crippen LogP contribution is 2.22. The number of carbonyl (C=O) groups excluding carboxylic acids is 1. The van der Waals surface area contributed by atoms with E-state index in [1.54, 1.807) is 0 Å². The Kier molecular flexibility index (Phi) is 4.90. The maximum Gasteiger partial charge on any atom is 0.265 e. The van der Waals surface area contributed by atoms with Gasteiger partial charge in [0.15, 0.2) is 0 Å². The van der Waals surface area contributed by atoms with Crippen molar-refractivity contribution in [2.45, 2.75) is 32.8 Å². The standard InChI is InChI=1S/C13H20N2O3S/c1-9-12(19-10(2)14-9)13(17)15-5-3-11(4-6-15)18-8-7-16/h11,16H,3-8H2,1-2H3. The molecule has 1 aromatic heterocycles. The lowest BCUT2D eigenvalue weighted by Gasteiger charge is -2.31. The van der Waals surface area contributed by atoms with Crippen LogP contribution >= 0.6 is 11.3 Å². The third-order valence-electron chi connectivity index (χ3n) is 3.27. The highest BCUT2D eigenvalue weighted by Gasteiger charge is 2.26. The van der Waals surface area contributed by atoms with Crippen molar-refractivity contribution in [2.75, 3.05) is 26.3 Å². The molecule has 1 N–H and O–H groups in total. The van der Waals surface area contributed by atoms with Gasteiger partial charge < -0.3 is 14.7 Å².